The molecule has 0 spiro atoms. The molecule has 29 heavy (non-hydrogen) atoms. The normalized spacial score (nSPS) is 11.1. The highest BCUT2D eigenvalue weighted by Crippen LogP contribution is 2.28. The highest BCUT2D eigenvalue weighted by molar-refractivity contribution is 5.90. The molecular weight excluding hydrogens is 371 g/mol. The number of benzene rings is 2. The molecule has 142 valence electrons. The van der Waals surface area contributed by atoms with Crippen LogP contribution in [0.1, 0.15) is 5.56 Å². The van der Waals surface area contributed by atoms with Gasteiger partial charge in [-0.2, -0.15) is 0 Å². The van der Waals surface area contributed by atoms with Gasteiger partial charge in [-0.05, 0) is 43.3 Å². The van der Waals surface area contributed by atoms with Crippen molar-refractivity contribution in [1.82, 2.24) is 25.1 Å². The van der Waals surface area contributed by atoms with Crippen molar-refractivity contribution in [2.45, 2.75) is 6.92 Å². The fourth-order valence-electron chi connectivity index (χ4n) is 3.08. The number of halogens is 1. The van der Waals surface area contributed by atoms with E-state index < -0.39 is 0 Å². The third kappa shape index (κ3) is 3.31. The number of aromatic amines is 1. The lowest BCUT2D eigenvalue weighted by Gasteiger charge is -2.02. The number of anilines is 2. The van der Waals surface area contributed by atoms with E-state index in [-0.39, 0.29) is 17.7 Å². The van der Waals surface area contributed by atoms with Crippen molar-refractivity contribution < 1.29 is 8.81 Å². The van der Waals surface area contributed by atoms with Gasteiger partial charge >= 0.3 is 6.01 Å². The van der Waals surface area contributed by atoms with Crippen molar-refractivity contribution in [2.75, 3.05) is 5.32 Å². The number of pyridine rings is 1. The zero-order valence-electron chi connectivity index (χ0n) is 15.3. The van der Waals surface area contributed by atoms with Crippen LogP contribution in [0.2, 0.25) is 0 Å². The van der Waals surface area contributed by atoms with Gasteiger partial charge in [-0.15, -0.1) is 5.10 Å². The number of rotatable bonds is 4. The fraction of sp³-hybridized carbons (Fsp3) is 0.0476. The number of imidazole rings is 1. The number of aromatic nitrogens is 5. The first-order valence-corrected chi connectivity index (χ1v) is 8.94. The maximum atomic E-state index is 13.1. The number of nitrogens with one attached hydrogen (secondary N) is 2. The summed E-state index contributed by atoms with van der Waals surface area (Å²) in [5.41, 5.74) is 5.12. The number of fused-ring (bicyclic) bond motifs is 1. The molecule has 0 aliphatic carbocycles. The summed E-state index contributed by atoms with van der Waals surface area (Å²) >= 11 is 0. The largest absolute Gasteiger partial charge is 0.403 e. The van der Waals surface area contributed by atoms with E-state index in [0.717, 1.165) is 27.9 Å². The molecule has 7 nitrogen and oxygen atoms in total. The summed E-state index contributed by atoms with van der Waals surface area (Å²) in [4.78, 5) is 12.3. The molecule has 0 aliphatic heterocycles. The Morgan fingerprint density at radius 2 is 1.86 bits per heavy atom. The van der Waals surface area contributed by atoms with E-state index in [9.17, 15) is 4.39 Å². The smallest absolute Gasteiger partial charge is 0.322 e. The number of H-pyrrole nitrogens is 1. The lowest BCUT2D eigenvalue weighted by Crippen LogP contribution is -1.92. The van der Waals surface area contributed by atoms with Gasteiger partial charge < -0.3 is 9.40 Å². The second-order valence-corrected chi connectivity index (χ2v) is 6.55. The fourth-order valence-corrected chi connectivity index (χ4v) is 3.08. The summed E-state index contributed by atoms with van der Waals surface area (Å²) < 4.78 is 18.7. The maximum absolute atomic E-state index is 13.1. The lowest BCUT2D eigenvalue weighted by molar-refractivity contribution is 0.586. The first-order chi connectivity index (χ1) is 14.2. The van der Waals surface area contributed by atoms with Gasteiger partial charge in [0.05, 0.1) is 11.2 Å². The molecule has 3 heterocycles. The SMILES string of the molecule is Cc1cccc(-c2nccc3[nH]c(Nc4nnc(-c5ccc(F)cc5)o4)nc23)c1. The van der Waals surface area contributed by atoms with Gasteiger partial charge in [0.1, 0.15) is 11.3 Å². The molecule has 0 radical (unpaired) electrons. The second-order valence-electron chi connectivity index (χ2n) is 6.55. The molecule has 8 heteroatoms. The van der Waals surface area contributed by atoms with E-state index in [2.05, 4.69) is 36.5 Å². The van der Waals surface area contributed by atoms with Crippen LogP contribution in [0.25, 0.3) is 33.7 Å². The maximum Gasteiger partial charge on any atom is 0.322 e. The van der Waals surface area contributed by atoms with Gasteiger partial charge in [-0.3, -0.25) is 10.3 Å². The van der Waals surface area contributed by atoms with Crippen LogP contribution in [0.15, 0.2) is 65.2 Å². The van der Waals surface area contributed by atoms with Crippen LogP contribution < -0.4 is 5.32 Å². The third-order valence-corrected chi connectivity index (χ3v) is 4.43. The molecule has 0 atom stereocenters. The summed E-state index contributed by atoms with van der Waals surface area (Å²) in [5, 5.41) is 10.9. The molecule has 0 fully saturated rings. The van der Waals surface area contributed by atoms with Crippen molar-refractivity contribution in [3.05, 3.63) is 72.2 Å². The minimum absolute atomic E-state index is 0.174. The van der Waals surface area contributed by atoms with Crippen molar-refractivity contribution in [1.29, 1.82) is 0 Å². The van der Waals surface area contributed by atoms with Crippen LogP contribution in [0.5, 0.6) is 0 Å². The van der Waals surface area contributed by atoms with Crippen LogP contribution >= 0.6 is 0 Å². The molecule has 0 unspecified atom stereocenters. The molecule has 0 saturated heterocycles. The lowest BCUT2D eigenvalue weighted by atomic mass is 10.1. The predicted molar refractivity (Wildman–Crippen MR) is 107 cm³/mol. The Hall–Kier alpha value is -4.07. The van der Waals surface area contributed by atoms with Gasteiger partial charge in [0, 0.05) is 17.3 Å². The van der Waals surface area contributed by atoms with Crippen LogP contribution in [0, 0.1) is 12.7 Å². The highest BCUT2D eigenvalue weighted by atomic mass is 19.1. The molecule has 2 aromatic carbocycles. The Labute approximate surface area is 164 Å². The zero-order chi connectivity index (χ0) is 19.8. The number of hydrogen-bond donors (Lipinski definition) is 2. The van der Waals surface area contributed by atoms with Crippen molar-refractivity contribution in [3.8, 4) is 22.7 Å². The first kappa shape index (κ1) is 17.1. The molecule has 5 aromatic rings. The van der Waals surface area contributed by atoms with Gasteiger partial charge in [-0.25, -0.2) is 9.37 Å². The Bertz CT molecular complexity index is 1310. The summed E-state index contributed by atoms with van der Waals surface area (Å²) in [6.07, 6.45) is 1.74. The summed E-state index contributed by atoms with van der Waals surface area (Å²) in [6.45, 7) is 2.04. The summed E-state index contributed by atoms with van der Waals surface area (Å²) in [6, 6.07) is 16.0. The van der Waals surface area contributed by atoms with Gasteiger partial charge in [0.25, 0.3) is 0 Å². The van der Waals surface area contributed by atoms with E-state index >= 15 is 0 Å². The average molecular weight is 386 g/mol. The third-order valence-electron chi connectivity index (χ3n) is 4.43. The van der Waals surface area contributed by atoms with Crippen molar-refractivity contribution >= 4 is 23.0 Å². The minimum Gasteiger partial charge on any atom is -0.403 e. The predicted octanol–water partition coefficient (Wildman–Crippen LogP) is 4.87. The van der Waals surface area contributed by atoms with Crippen molar-refractivity contribution in [3.63, 3.8) is 0 Å². The van der Waals surface area contributed by atoms with E-state index in [1.807, 2.05) is 31.2 Å². The Kier molecular flexibility index (Phi) is 4.02. The van der Waals surface area contributed by atoms with Crippen LogP contribution in [-0.2, 0) is 0 Å². The number of nitrogens with zero attached hydrogens (tertiary/aromatic N) is 4. The Morgan fingerprint density at radius 1 is 1.00 bits per heavy atom. The van der Waals surface area contributed by atoms with Crippen LogP contribution in [-0.4, -0.2) is 25.1 Å². The molecule has 0 amide bonds. The quantitative estimate of drug-likeness (QED) is 0.458. The van der Waals surface area contributed by atoms with Gasteiger partial charge in [0.15, 0.2) is 0 Å². The van der Waals surface area contributed by atoms with Crippen LogP contribution in [0.3, 0.4) is 0 Å². The molecule has 3 aromatic heterocycles. The molecule has 0 saturated carbocycles. The Morgan fingerprint density at radius 3 is 2.69 bits per heavy atom. The van der Waals surface area contributed by atoms with Crippen molar-refractivity contribution in [2.24, 2.45) is 0 Å². The molecule has 0 bridgehead atoms. The molecular formula is C21H15FN6O. The topological polar surface area (TPSA) is 92.5 Å². The first-order valence-electron chi connectivity index (χ1n) is 8.94. The monoisotopic (exact) mass is 386 g/mol. The van der Waals surface area contributed by atoms with E-state index in [1.165, 1.54) is 12.1 Å². The summed E-state index contributed by atoms with van der Waals surface area (Å²) in [7, 11) is 0. The van der Waals surface area contributed by atoms with E-state index in [1.54, 1.807) is 18.3 Å². The molecule has 2 N–H and O–H groups in total. The number of hydrogen-bond acceptors (Lipinski definition) is 6. The van der Waals surface area contributed by atoms with E-state index in [0.29, 0.717) is 11.5 Å². The van der Waals surface area contributed by atoms with Gasteiger partial charge in [0.2, 0.25) is 11.8 Å². The zero-order valence-corrected chi connectivity index (χ0v) is 15.3. The van der Waals surface area contributed by atoms with Gasteiger partial charge in [-0.1, -0.05) is 28.9 Å². The second kappa shape index (κ2) is 6.83. The van der Waals surface area contributed by atoms with Crippen LogP contribution in [0.4, 0.5) is 16.4 Å². The van der Waals surface area contributed by atoms with E-state index in [4.69, 9.17) is 4.42 Å². The standard InChI is InChI=1S/C21H15FN6O/c1-12-3-2-4-14(11-12)17-18-16(9-10-23-17)24-20(25-18)26-21-28-27-19(29-21)13-5-7-15(22)8-6-13/h2-11H,1H3,(H2,24,25,26,28). The Balaban J connectivity index is 1.46. The molecule has 5 rings (SSSR count). The highest BCUT2D eigenvalue weighted by Gasteiger charge is 2.14. The molecule has 0 aliphatic rings. The number of aryl methyl sites for hydroxylation is 1. The minimum atomic E-state index is -0.327. The summed E-state index contributed by atoms with van der Waals surface area (Å²) in [5.74, 6) is 0.411. The average Bonchev–Trinajstić information content (AvgIpc) is 3.35.